The SMILES string of the molecule is Cc1nonc1C(=O)N[C@H](c1nc2cc([C@@H](O)NC(=O)CC3CC(F)(F)C3)ccc2n1COCC[Si](C)(C)C)C1CCC2(CC1)CC2. The van der Waals surface area contributed by atoms with Crippen molar-refractivity contribution < 1.29 is 32.8 Å². The van der Waals surface area contributed by atoms with Gasteiger partial charge in [-0.2, -0.15) is 0 Å². The number of benzene rings is 1. The van der Waals surface area contributed by atoms with Crippen LogP contribution in [0, 0.1) is 24.2 Å². The highest BCUT2D eigenvalue weighted by Crippen LogP contribution is 2.58. The summed E-state index contributed by atoms with van der Waals surface area (Å²) >= 11 is 0. The summed E-state index contributed by atoms with van der Waals surface area (Å²) in [5.41, 5.74) is 2.74. The molecule has 0 radical (unpaired) electrons. The first-order valence-corrected chi connectivity index (χ1v) is 20.4. The number of fused-ring (bicyclic) bond motifs is 1. The van der Waals surface area contributed by atoms with Gasteiger partial charge in [0.2, 0.25) is 11.8 Å². The second-order valence-corrected chi connectivity index (χ2v) is 20.9. The lowest BCUT2D eigenvalue weighted by atomic mass is 9.76. The minimum Gasteiger partial charge on any atom is -0.369 e. The molecule has 1 aromatic carbocycles. The van der Waals surface area contributed by atoms with Crippen LogP contribution in [0.25, 0.3) is 11.0 Å². The van der Waals surface area contributed by atoms with Gasteiger partial charge in [0.1, 0.15) is 18.2 Å². The minimum absolute atomic E-state index is 0.0625. The number of hydrogen-bond donors (Lipinski definition) is 3. The smallest absolute Gasteiger partial charge is 0.276 e. The number of amides is 2. The Labute approximate surface area is 274 Å². The van der Waals surface area contributed by atoms with Gasteiger partial charge in [0.15, 0.2) is 11.9 Å². The van der Waals surface area contributed by atoms with E-state index in [0.29, 0.717) is 34.6 Å². The van der Waals surface area contributed by atoms with Gasteiger partial charge in [-0.25, -0.2) is 18.4 Å². The van der Waals surface area contributed by atoms with Gasteiger partial charge >= 0.3 is 0 Å². The van der Waals surface area contributed by atoms with Crippen LogP contribution in [-0.4, -0.2) is 57.4 Å². The molecule has 0 saturated heterocycles. The van der Waals surface area contributed by atoms with Crippen LogP contribution in [0.4, 0.5) is 8.78 Å². The molecule has 6 rings (SSSR count). The average molecular weight is 673 g/mol. The Bertz CT molecular complexity index is 1600. The van der Waals surface area contributed by atoms with Gasteiger partial charge in [0.25, 0.3) is 5.91 Å². The quantitative estimate of drug-likeness (QED) is 0.114. The number of aromatic nitrogens is 4. The molecule has 2 heterocycles. The first-order chi connectivity index (χ1) is 22.2. The molecular weight excluding hydrogens is 626 g/mol. The van der Waals surface area contributed by atoms with Crippen LogP contribution < -0.4 is 10.6 Å². The molecule has 256 valence electrons. The maximum absolute atomic E-state index is 13.5. The predicted octanol–water partition coefficient (Wildman–Crippen LogP) is 6.02. The molecule has 3 aliphatic carbocycles. The number of aliphatic hydroxyl groups excluding tert-OH is 1. The zero-order valence-corrected chi connectivity index (χ0v) is 28.7. The van der Waals surface area contributed by atoms with Crippen LogP contribution in [0.2, 0.25) is 25.7 Å². The number of halogens is 2. The molecule has 1 spiro atoms. The van der Waals surface area contributed by atoms with E-state index < -0.39 is 38.1 Å². The fraction of sp³-hybridized carbons (Fsp3) is 0.667. The van der Waals surface area contributed by atoms with E-state index >= 15 is 0 Å². The Kier molecular flexibility index (Phi) is 9.31. The first kappa shape index (κ1) is 33.7. The van der Waals surface area contributed by atoms with E-state index in [2.05, 4.69) is 40.6 Å². The summed E-state index contributed by atoms with van der Waals surface area (Å²) in [5.74, 6) is -3.19. The normalized spacial score (nSPS) is 21.7. The number of carbonyl (C=O) groups excluding carboxylic acids is 2. The number of ether oxygens (including phenoxy) is 1. The van der Waals surface area contributed by atoms with Crippen molar-refractivity contribution in [2.45, 2.75) is 115 Å². The van der Waals surface area contributed by atoms with Crippen molar-refractivity contribution in [1.82, 2.24) is 30.5 Å². The fourth-order valence-corrected chi connectivity index (χ4v) is 7.79. The maximum atomic E-state index is 13.5. The van der Waals surface area contributed by atoms with Gasteiger partial charge in [-0.15, -0.1) is 0 Å². The summed E-state index contributed by atoms with van der Waals surface area (Å²) in [7, 11) is -1.34. The Balaban J connectivity index is 1.28. The lowest BCUT2D eigenvalue weighted by molar-refractivity contribution is -0.136. The topological polar surface area (TPSA) is 144 Å². The summed E-state index contributed by atoms with van der Waals surface area (Å²) in [5, 5.41) is 24.3. The Hall–Kier alpha value is -3.23. The average Bonchev–Trinajstić information content (AvgIpc) is 3.42. The highest BCUT2D eigenvalue weighted by Gasteiger charge is 2.47. The van der Waals surface area contributed by atoms with E-state index in [4.69, 9.17) is 14.3 Å². The molecule has 2 amide bonds. The molecule has 2 aromatic heterocycles. The zero-order chi connectivity index (χ0) is 33.6. The molecule has 3 fully saturated rings. The van der Waals surface area contributed by atoms with Crippen molar-refractivity contribution in [3.63, 3.8) is 0 Å². The highest BCUT2D eigenvalue weighted by molar-refractivity contribution is 6.76. The molecule has 47 heavy (non-hydrogen) atoms. The zero-order valence-electron chi connectivity index (χ0n) is 27.7. The summed E-state index contributed by atoms with van der Waals surface area (Å²) in [4.78, 5) is 31.1. The van der Waals surface area contributed by atoms with Gasteiger partial charge in [-0.05, 0) is 86.0 Å². The fourth-order valence-electron chi connectivity index (χ4n) is 7.03. The molecule has 0 bridgehead atoms. The number of imidazole rings is 1. The van der Waals surface area contributed by atoms with Crippen molar-refractivity contribution in [3.8, 4) is 0 Å². The summed E-state index contributed by atoms with van der Waals surface area (Å²) < 4.78 is 39.5. The van der Waals surface area contributed by atoms with E-state index in [9.17, 15) is 23.5 Å². The monoisotopic (exact) mass is 672 g/mol. The van der Waals surface area contributed by atoms with Crippen LogP contribution in [-0.2, 0) is 16.3 Å². The molecule has 2 atom stereocenters. The molecule has 11 nitrogen and oxygen atoms in total. The largest absolute Gasteiger partial charge is 0.369 e. The number of carbonyl (C=O) groups is 2. The minimum atomic E-state index is -2.71. The number of nitrogens with one attached hydrogen (secondary N) is 2. The molecule has 3 saturated carbocycles. The Morgan fingerprint density at radius 2 is 1.85 bits per heavy atom. The number of aliphatic hydroxyl groups is 1. The standard InChI is InChI=1S/C33H46F2N6O5Si/c1-20-27(40-46-39-20)31(44)38-28(22-7-9-32(10-8-22)11-12-32)29-36-24-16-23(30(43)37-26(42)15-21-17-33(34,35)18-21)5-6-25(24)41(29)19-45-13-14-47(2,3)4/h5-6,16,21-22,28,30,43H,7-15,17-19H2,1-4H3,(H,37,42)(H,38,44)/t28-,30+/m0/s1. The number of aryl methyl sites for hydroxylation is 1. The summed E-state index contributed by atoms with van der Waals surface area (Å²) in [6.45, 7) is 9.38. The van der Waals surface area contributed by atoms with Crippen LogP contribution in [0.15, 0.2) is 22.8 Å². The third kappa shape index (κ3) is 7.91. The van der Waals surface area contributed by atoms with Gasteiger partial charge in [-0.3, -0.25) is 9.59 Å². The van der Waals surface area contributed by atoms with Crippen molar-refractivity contribution >= 4 is 30.9 Å². The second kappa shape index (κ2) is 13.0. The summed E-state index contributed by atoms with van der Waals surface area (Å²) in [6, 6.07) is 5.80. The van der Waals surface area contributed by atoms with E-state index in [1.807, 2.05) is 10.6 Å². The van der Waals surface area contributed by atoms with Gasteiger partial charge in [0.05, 0.1) is 17.1 Å². The third-order valence-corrected chi connectivity index (χ3v) is 11.9. The van der Waals surface area contributed by atoms with Crippen molar-refractivity contribution in [3.05, 3.63) is 41.0 Å². The van der Waals surface area contributed by atoms with E-state index in [1.54, 1.807) is 19.1 Å². The third-order valence-electron chi connectivity index (χ3n) is 10.2. The van der Waals surface area contributed by atoms with Crippen LogP contribution in [0.5, 0.6) is 0 Å². The number of hydrogen-bond acceptors (Lipinski definition) is 8. The Morgan fingerprint density at radius 3 is 2.47 bits per heavy atom. The molecular formula is C33H46F2N6O5Si. The van der Waals surface area contributed by atoms with E-state index in [-0.39, 0.29) is 43.5 Å². The maximum Gasteiger partial charge on any atom is 0.276 e. The second-order valence-electron chi connectivity index (χ2n) is 15.3. The van der Waals surface area contributed by atoms with Crippen molar-refractivity contribution in [2.75, 3.05) is 6.61 Å². The van der Waals surface area contributed by atoms with Gasteiger partial charge in [-0.1, -0.05) is 30.9 Å². The predicted molar refractivity (Wildman–Crippen MR) is 172 cm³/mol. The van der Waals surface area contributed by atoms with Crippen molar-refractivity contribution in [2.24, 2.45) is 17.3 Å². The van der Waals surface area contributed by atoms with E-state index in [0.717, 1.165) is 37.2 Å². The van der Waals surface area contributed by atoms with Gasteiger partial charge in [0, 0.05) is 39.5 Å². The highest BCUT2D eigenvalue weighted by atomic mass is 28.3. The number of nitrogens with zero attached hydrogens (tertiary/aromatic N) is 4. The first-order valence-electron chi connectivity index (χ1n) is 16.7. The van der Waals surface area contributed by atoms with Crippen LogP contribution >= 0.6 is 0 Å². The van der Waals surface area contributed by atoms with Crippen LogP contribution in [0.1, 0.15) is 97.6 Å². The number of alkyl halides is 2. The molecule has 0 aliphatic heterocycles. The molecule has 3 aliphatic rings. The molecule has 14 heteroatoms. The molecule has 3 aromatic rings. The van der Waals surface area contributed by atoms with E-state index in [1.165, 1.54) is 12.8 Å². The van der Waals surface area contributed by atoms with Gasteiger partial charge < -0.3 is 25.0 Å². The van der Waals surface area contributed by atoms with Crippen molar-refractivity contribution in [1.29, 1.82) is 0 Å². The summed E-state index contributed by atoms with van der Waals surface area (Å²) in [6.07, 6.45) is 4.62. The number of rotatable bonds is 13. The lowest BCUT2D eigenvalue weighted by Gasteiger charge is -2.34. The lowest BCUT2D eigenvalue weighted by Crippen LogP contribution is -2.39. The van der Waals surface area contributed by atoms with Crippen LogP contribution in [0.3, 0.4) is 0 Å². The molecule has 0 unspecified atom stereocenters. The Morgan fingerprint density at radius 1 is 1.13 bits per heavy atom. The molecule has 3 N–H and O–H groups in total.